The molecule has 0 aromatic carbocycles. The Kier molecular flexibility index (Phi) is 8.18. The average Bonchev–Trinajstić information content (AvgIpc) is 2.99. The molecular weight excluding hydrogens is 399 g/mol. The zero-order valence-electron chi connectivity index (χ0n) is 17.2. The molecule has 1 aromatic heterocycles. The molecule has 0 saturated heterocycles. The van der Waals surface area contributed by atoms with Gasteiger partial charge in [-0.2, -0.15) is 0 Å². The molecule has 6 nitrogen and oxygen atoms in total. The van der Waals surface area contributed by atoms with Crippen LogP contribution < -0.4 is 0 Å². The van der Waals surface area contributed by atoms with Gasteiger partial charge in [-0.05, 0) is 53.2 Å². The van der Waals surface area contributed by atoms with Crippen molar-refractivity contribution < 1.29 is 9.59 Å². The van der Waals surface area contributed by atoms with E-state index in [-0.39, 0.29) is 36.4 Å². The van der Waals surface area contributed by atoms with Crippen LogP contribution in [0.4, 0.5) is 0 Å². The van der Waals surface area contributed by atoms with Gasteiger partial charge in [0.2, 0.25) is 0 Å². The normalized spacial score (nSPS) is 19.9. The fourth-order valence-corrected chi connectivity index (χ4v) is 3.85. The first-order valence-corrected chi connectivity index (χ1v) is 9.47. The minimum Gasteiger partial charge on any atom is -0.339 e. The second-order valence-corrected chi connectivity index (χ2v) is 7.61. The zero-order chi connectivity index (χ0) is 19.1. The molecule has 1 N–H and O–H groups in total. The van der Waals surface area contributed by atoms with Crippen molar-refractivity contribution in [3.8, 4) is 0 Å². The Bertz CT molecular complexity index is 807. The lowest BCUT2D eigenvalue weighted by Gasteiger charge is -2.32. The lowest BCUT2D eigenvalue weighted by Crippen LogP contribution is -2.41. The van der Waals surface area contributed by atoms with Crippen LogP contribution in [0.1, 0.15) is 62.5 Å². The molecule has 2 aliphatic rings. The summed E-state index contributed by atoms with van der Waals surface area (Å²) in [6, 6.07) is 0. The number of carbonyl (C=O) groups excluding carboxylic acids is 2. The summed E-state index contributed by atoms with van der Waals surface area (Å²) in [5, 5.41) is 0. The molecule has 1 aromatic rings. The van der Waals surface area contributed by atoms with Crippen LogP contribution >= 0.6 is 24.8 Å². The quantitative estimate of drug-likeness (QED) is 0.748. The number of dihydropyridines is 1. The smallest absolute Gasteiger partial charge is 0.188 e. The Balaban J connectivity index is 0.00000196. The fourth-order valence-electron chi connectivity index (χ4n) is 3.85. The SMILES string of the molecule is CCN(CC)CCCC1C(=O)c2[nH]c(C)nc2C2=C1C(=O)C(C)(C)N=C2.Cl.Cl. The van der Waals surface area contributed by atoms with E-state index in [1.165, 1.54) is 0 Å². The van der Waals surface area contributed by atoms with Crippen molar-refractivity contribution in [1.29, 1.82) is 0 Å². The van der Waals surface area contributed by atoms with Gasteiger partial charge < -0.3 is 9.88 Å². The molecule has 2 heterocycles. The van der Waals surface area contributed by atoms with E-state index in [9.17, 15) is 9.59 Å². The van der Waals surface area contributed by atoms with Crippen LogP contribution in [0.25, 0.3) is 5.57 Å². The predicted molar refractivity (Wildman–Crippen MR) is 117 cm³/mol. The largest absolute Gasteiger partial charge is 0.339 e. The Hall–Kier alpha value is -1.50. The summed E-state index contributed by atoms with van der Waals surface area (Å²) < 4.78 is 0. The molecule has 0 spiro atoms. The van der Waals surface area contributed by atoms with Crippen LogP contribution in [0.3, 0.4) is 0 Å². The second kappa shape index (κ2) is 9.33. The summed E-state index contributed by atoms with van der Waals surface area (Å²) >= 11 is 0. The molecule has 28 heavy (non-hydrogen) atoms. The Morgan fingerprint density at radius 2 is 1.82 bits per heavy atom. The molecule has 1 aliphatic heterocycles. The zero-order valence-corrected chi connectivity index (χ0v) is 18.8. The molecule has 3 rings (SSSR count). The van der Waals surface area contributed by atoms with Crippen LogP contribution in [0, 0.1) is 12.8 Å². The van der Waals surface area contributed by atoms with E-state index in [1.54, 1.807) is 20.1 Å². The molecule has 0 fully saturated rings. The topological polar surface area (TPSA) is 78.4 Å². The van der Waals surface area contributed by atoms with Gasteiger partial charge in [-0.25, -0.2) is 4.98 Å². The summed E-state index contributed by atoms with van der Waals surface area (Å²) in [6.45, 7) is 12.6. The highest BCUT2D eigenvalue weighted by Crippen LogP contribution is 2.40. The van der Waals surface area contributed by atoms with Crippen molar-refractivity contribution >= 4 is 48.2 Å². The number of nitrogens with one attached hydrogen (secondary N) is 1. The van der Waals surface area contributed by atoms with Crippen molar-refractivity contribution in [3.05, 3.63) is 22.8 Å². The summed E-state index contributed by atoms with van der Waals surface area (Å²) in [6.07, 6.45) is 3.28. The second-order valence-electron chi connectivity index (χ2n) is 7.61. The molecule has 1 aliphatic carbocycles. The lowest BCUT2D eigenvalue weighted by molar-refractivity contribution is -0.119. The Labute approximate surface area is 179 Å². The first kappa shape index (κ1) is 24.5. The monoisotopic (exact) mass is 428 g/mol. The van der Waals surface area contributed by atoms with Crippen LogP contribution in [-0.2, 0) is 4.79 Å². The van der Waals surface area contributed by atoms with Crippen LogP contribution in [-0.4, -0.2) is 57.8 Å². The van der Waals surface area contributed by atoms with Crippen molar-refractivity contribution in [2.75, 3.05) is 19.6 Å². The van der Waals surface area contributed by atoms with Gasteiger partial charge in [-0.1, -0.05) is 13.8 Å². The molecule has 1 unspecified atom stereocenters. The van der Waals surface area contributed by atoms with Crippen LogP contribution in [0.15, 0.2) is 10.6 Å². The van der Waals surface area contributed by atoms with E-state index < -0.39 is 11.5 Å². The van der Waals surface area contributed by atoms with Gasteiger partial charge in [0, 0.05) is 17.4 Å². The Morgan fingerprint density at radius 1 is 1.18 bits per heavy atom. The number of aliphatic imine (C=N–C) groups is 1. The van der Waals surface area contributed by atoms with Crippen molar-refractivity contribution in [3.63, 3.8) is 0 Å². The van der Waals surface area contributed by atoms with Gasteiger partial charge in [0.1, 0.15) is 22.8 Å². The van der Waals surface area contributed by atoms with Crippen LogP contribution in [0.5, 0.6) is 0 Å². The maximum Gasteiger partial charge on any atom is 0.188 e. The number of aromatic amines is 1. The number of hydrogen-bond donors (Lipinski definition) is 1. The first-order chi connectivity index (χ1) is 12.3. The summed E-state index contributed by atoms with van der Waals surface area (Å²) in [4.78, 5) is 40.5. The van der Waals surface area contributed by atoms with Gasteiger partial charge >= 0.3 is 0 Å². The number of hydrogen-bond acceptors (Lipinski definition) is 5. The van der Waals surface area contributed by atoms with Crippen LogP contribution in [0.2, 0.25) is 0 Å². The number of aromatic nitrogens is 2. The van der Waals surface area contributed by atoms with Crippen molar-refractivity contribution in [2.24, 2.45) is 10.9 Å². The molecule has 0 bridgehead atoms. The maximum atomic E-state index is 13.1. The highest BCUT2D eigenvalue weighted by molar-refractivity contribution is 6.30. The van der Waals surface area contributed by atoms with Gasteiger partial charge in [0.05, 0.1) is 5.92 Å². The molecule has 1 atom stereocenters. The number of rotatable bonds is 6. The van der Waals surface area contributed by atoms with E-state index >= 15 is 0 Å². The summed E-state index contributed by atoms with van der Waals surface area (Å²) in [7, 11) is 0. The van der Waals surface area contributed by atoms with Gasteiger partial charge in [0.25, 0.3) is 0 Å². The molecular formula is C20H30Cl2N4O2. The number of Topliss-reactive ketones (excluding diaryl/α,β-unsaturated/α-hetero) is 2. The van der Waals surface area contributed by atoms with E-state index in [4.69, 9.17) is 0 Å². The number of carbonyl (C=O) groups is 2. The number of aryl methyl sites for hydroxylation is 1. The van der Waals surface area contributed by atoms with Gasteiger partial charge in [-0.3, -0.25) is 14.6 Å². The number of H-pyrrole nitrogens is 1. The minimum atomic E-state index is -0.820. The number of fused-ring (bicyclic) bond motifs is 2. The van der Waals surface area contributed by atoms with E-state index in [0.29, 0.717) is 29.2 Å². The van der Waals surface area contributed by atoms with Crippen molar-refractivity contribution in [1.82, 2.24) is 14.9 Å². The predicted octanol–water partition coefficient (Wildman–Crippen LogP) is 3.68. The van der Waals surface area contributed by atoms with Gasteiger partial charge in [-0.15, -0.1) is 24.8 Å². The summed E-state index contributed by atoms with van der Waals surface area (Å²) in [5.74, 6) is 0.206. The number of allylic oxidation sites excluding steroid dienone is 1. The molecule has 8 heteroatoms. The third kappa shape index (κ3) is 4.24. The number of nitrogens with zero attached hydrogens (tertiary/aromatic N) is 3. The highest BCUT2D eigenvalue weighted by atomic mass is 35.5. The first-order valence-electron chi connectivity index (χ1n) is 9.47. The molecule has 156 valence electrons. The summed E-state index contributed by atoms with van der Waals surface area (Å²) in [5.41, 5.74) is 1.61. The van der Waals surface area contributed by atoms with E-state index in [2.05, 4.69) is 33.7 Å². The molecule has 0 saturated carbocycles. The average molecular weight is 429 g/mol. The third-order valence-electron chi connectivity index (χ3n) is 5.46. The third-order valence-corrected chi connectivity index (χ3v) is 5.46. The minimum absolute atomic E-state index is 0. The maximum absolute atomic E-state index is 13.1. The molecule has 0 radical (unpaired) electrons. The fraction of sp³-hybridized carbons (Fsp3) is 0.600. The lowest BCUT2D eigenvalue weighted by atomic mass is 9.73. The standard InChI is InChI=1S/C20H28N4O2.2ClH/c1-6-24(7-2)10-8-9-13-15-14(11-21-20(4,5)19(15)26)16-17(18(13)25)23-12(3)22-16;;/h11,13H,6-10H2,1-5H3,(H,22,23);2*1H. The highest BCUT2D eigenvalue weighted by Gasteiger charge is 2.45. The van der Waals surface area contributed by atoms with Crippen molar-refractivity contribution in [2.45, 2.75) is 53.0 Å². The number of halogens is 2. The number of imidazole rings is 1. The molecule has 0 amide bonds. The van der Waals surface area contributed by atoms with E-state index in [0.717, 1.165) is 31.6 Å². The van der Waals surface area contributed by atoms with Gasteiger partial charge in [0.15, 0.2) is 11.6 Å². The Morgan fingerprint density at radius 3 is 2.43 bits per heavy atom. The number of ketones is 2. The van der Waals surface area contributed by atoms with E-state index in [1.807, 2.05) is 6.92 Å².